The second-order valence-electron chi connectivity index (χ2n) is 4.90. The number of nitrogens with one attached hydrogen (secondary N) is 1. The SMILES string of the molecule is CCn1ncnc1CC(CNCCOC)C(C)C. The van der Waals surface area contributed by atoms with Gasteiger partial charge in [-0.1, -0.05) is 13.8 Å². The molecule has 1 aromatic rings. The molecule has 5 nitrogen and oxygen atoms in total. The van der Waals surface area contributed by atoms with Gasteiger partial charge in [0.05, 0.1) is 6.61 Å². The van der Waals surface area contributed by atoms with E-state index in [0.29, 0.717) is 11.8 Å². The van der Waals surface area contributed by atoms with Crippen LogP contribution < -0.4 is 5.32 Å². The average Bonchev–Trinajstić information content (AvgIpc) is 2.80. The maximum atomic E-state index is 5.04. The van der Waals surface area contributed by atoms with Gasteiger partial charge in [0.1, 0.15) is 12.2 Å². The normalized spacial score (nSPS) is 13.2. The van der Waals surface area contributed by atoms with Gasteiger partial charge in [-0.2, -0.15) is 5.10 Å². The summed E-state index contributed by atoms with van der Waals surface area (Å²) in [6, 6.07) is 0. The molecule has 1 rings (SSSR count). The first kappa shape index (κ1) is 15.1. The van der Waals surface area contributed by atoms with Crippen molar-refractivity contribution in [3.63, 3.8) is 0 Å². The van der Waals surface area contributed by atoms with Crippen molar-refractivity contribution >= 4 is 0 Å². The molecule has 104 valence electrons. The third kappa shape index (κ3) is 4.74. The van der Waals surface area contributed by atoms with Crippen molar-refractivity contribution in [2.75, 3.05) is 26.8 Å². The van der Waals surface area contributed by atoms with Crippen LogP contribution in [0.4, 0.5) is 0 Å². The molecule has 0 aromatic carbocycles. The lowest BCUT2D eigenvalue weighted by Crippen LogP contribution is -2.30. The molecule has 1 aromatic heterocycles. The number of hydrogen-bond acceptors (Lipinski definition) is 4. The van der Waals surface area contributed by atoms with Crippen LogP contribution in [0.15, 0.2) is 6.33 Å². The van der Waals surface area contributed by atoms with E-state index in [1.807, 2.05) is 4.68 Å². The first-order valence-electron chi connectivity index (χ1n) is 6.75. The number of aromatic nitrogens is 3. The zero-order chi connectivity index (χ0) is 13.4. The molecule has 0 aliphatic heterocycles. The van der Waals surface area contributed by atoms with Crippen LogP contribution in [-0.2, 0) is 17.7 Å². The molecular weight excluding hydrogens is 228 g/mol. The van der Waals surface area contributed by atoms with Crippen LogP contribution in [0.5, 0.6) is 0 Å². The summed E-state index contributed by atoms with van der Waals surface area (Å²) in [5.74, 6) is 2.29. The molecule has 1 heterocycles. The van der Waals surface area contributed by atoms with Gasteiger partial charge >= 0.3 is 0 Å². The Bertz CT molecular complexity index is 325. The summed E-state index contributed by atoms with van der Waals surface area (Å²) in [5.41, 5.74) is 0. The molecule has 1 unspecified atom stereocenters. The number of methoxy groups -OCH3 is 1. The largest absolute Gasteiger partial charge is 0.383 e. The van der Waals surface area contributed by atoms with Gasteiger partial charge in [0.2, 0.25) is 0 Å². The summed E-state index contributed by atoms with van der Waals surface area (Å²) in [7, 11) is 1.73. The van der Waals surface area contributed by atoms with Gasteiger partial charge in [0.15, 0.2) is 0 Å². The van der Waals surface area contributed by atoms with Crippen LogP contribution in [0.2, 0.25) is 0 Å². The standard InChI is InChI=1S/C13H26N4O/c1-5-17-13(15-10-16-17)8-12(11(2)3)9-14-6-7-18-4/h10-12,14H,5-9H2,1-4H3. The Morgan fingerprint density at radius 1 is 1.44 bits per heavy atom. The first-order valence-corrected chi connectivity index (χ1v) is 6.75. The summed E-state index contributed by atoms with van der Waals surface area (Å²) < 4.78 is 7.01. The van der Waals surface area contributed by atoms with E-state index in [0.717, 1.165) is 38.5 Å². The highest BCUT2D eigenvalue weighted by molar-refractivity contribution is 4.88. The van der Waals surface area contributed by atoms with Crippen LogP contribution in [0.25, 0.3) is 0 Å². The average molecular weight is 254 g/mol. The Hall–Kier alpha value is -0.940. The smallest absolute Gasteiger partial charge is 0.138 e. The van der Waals surface area contributed by atoms with E-state index in [1.54, 1.807) is 13.4 Å². The highest BCUT2D eigenvalue weighted by Gasteiger charge is 2.16. The van der Waals surface area contributed by atoms with Crippen molar-refractivity contribution in [1.82, 2.24) is 20.1 Å². The number of hydrogen-bond donors (Lipinski definition) is 1. The molecule has 0 saturated heterocycles. The minimum Gasteiger partial charge on any atom is -0.383 e. The third-order valence-corrected chi connectivity index (χ3v) is 3.27. The van der Waals surface area contributed by atoms with Gasteiger partial charge in [0, 0.05) is 26.6 Å². The maximum absolute atomic E-state index is 5.04. The van der Waals surface area contributed by atoms with Crippen LogP contribution >= 0.6 is 0 Å². The number of nitrogens with zero attached hydrogens (tertiary/aromatic N) is 3. The van der Waals surface area contributed by atoms with Gasteiger partial charge < -0.3 is 10.1 Å². The Morgan fingerprint density at radius 3 is 2.83 bits per heavy atom. The highest BCUT2D eigenvalue weighted by Crippen LogP contribution is 2.15. The fourth-order valence-electron chi connectivity index (χ4n) is 1.95. The second-order valence-corrected chi connectivity index (χ2v) is 4.90. The fourth-order valence-corrected chi connectivity index (χ4v) is 1.95. The topological polar surface area (TPSA) is 52.0 Å². The van der Waals surface area contributed by atoms with E-state index in [2.05, 4.69) is 36.2 Å². The molecule has 0 aliphatic rings. The summed E-state index contributed by atoms with van der Waals surface area (Å²) in [5, 5.41) is 7.66. The lowest BCUT2D eigenvalue weighted by molar-refractivity contribution is 0.195. The van der Waals surface area contributed by atoms with E-state index >= 15 is 0 Å². The Morgan fingerprint density at radius 2 is 2.22 bits per heavy atom. The van der Waals surface area contributed by atoms with E-state index < -0.39 is 0 Å². The lowest BCUT2D eigenvalue weighted by atomic mass is 9.92. The van der Waals surface area contributed by atoms with Crippen LogP contribution in [0, 0.1) is 11.8 Å². The Balaban J connectivity index is 2.47. The first-order chi connectivity index (χ1) is 8.69. The molecule has 0 aliphatic carbocycles. The molecule has 0 radical (unpaired) electrons. The maximum Gasteiger partial charge on any atom is 0.138 e. The Kier molecular flexibility index (Phi) is 6.90. The molecular formula is C13H26N4O. The van der Waals surface area contributed by atoms with Crippen LogP contribution in [-0.4, -0.2) is 41.6 Å². The monoisotopic (exact) mass is 254 g/mol. The summed E-state index contributed by atoms with van der Waals surface area (Å²) >= 11 is 0. The van der Waals surface area contributed by atoms with Crippen molar-refractivity contribution in [2.45, 2.75) is 33.7 Å². The molecule has 0 spiro atoms. The molecule has 0 bridgehead atoms. The predicted molar refractivity (Wildman–Crippen MR) is 72.5 cm³/mol. The Labute approximate surface area is 110 Å². The predicted octanol–water partition coefficient (Wildman–Crippen LogP) is 1.35. The van der Waals surface area contributed by atoms with E-state index in [9.17, 15) is 0 Å². The van der Waals surface area contributed by atoms with E-state index in [-0.39, 0.29) is 0 Å². The van der Waals surface area contributed by atoms with E-state index in [1.165, 1.54) is 0 Å². The molecule has 0 saturated carbocycles. The zero-order valence-electron chi connectivity index (χ0n) is 12.0. The van der Waals surface area contributed by atoms with Crippen molar-refractivity contribution in [2.24, 2.45) is 11.8 Å². The quantitative estimate of drug-likeness (QED) is 0.676. The third-order valence-electron chi connectivity index (χ3n) is 3.27. The van der Waals surface area contributed by atoms with Gasteiger partial charge in [0.25, 0.3) is 0 Å². The minimum atomic E-state index is 0.580. The van der Waals surface area contributed by atoms with E-state index in [4.69, 9.17) is 4.74 Å². The van der Waals surface area contributed by atoms with Crippen molar-refractivity contribution in [3.05, 3.63) is 12.2 Å². The van der Waals surface area contributed by atoms with Gasteiger partial charge in [-0.3, -0.25) is 4.68 Å². The van der Waals surface area contributed by atoms with Crippen molar-refractivity contribution in [3.8, 4) is 0 Å². The molecule has 1 atom stereocenters. The summed E-state index contributed by atoms with van der Waals surface area (Å²) in [4.78, 5) is 4.35. The van der Waals surface area contributed by atoms with Crippen molar-refractivity contribution in [1.29, 1.82) is 0 Å². The second kappa shape index (κ2) is 8.21. The molecule has 5 heteroatoms. The number of aryl methyl sites for hydroxylation is 1. The van der Waals surface area contributed by atoms with Gasteiger partial charge in [-0.15, -0.1) is 0 Å². The summed E-state index contributed by atoms with van der Waals surface area (Å²) in [6.45, 7) is 10.2. The minimum absolute atomic E-state index is 0.580. The number of ether oxygens (including phenoxy) is 1. The van der Waals surface area contributed by atoms with Crippen molar-refractivity contribution < 1.29 is 4.74 Å². The molecule has 0 amide bonds. The summed E-state index contributed by atoms with van der Waals surface area (Å²) in [6.07, 6.45) is 2.63. The molecule has 1 N–H and O–H groups in total. The molecule has 0 fully saturated rings. The van der Waals surface area contributed by atoms with Gasteiger partial charge in [-0.25, -0.2) is 4.98 Å². The highest BCUT2D eigenvalue weighted by atomic mass is 16.5. The lowest BCUT2D eigenvalue weighted by Gasteiger charge is -2.21. The molecule has 18 heavy (non-hydrogen) atoms. The van der Waals surface area contributed by atoms with Gasteiger partial charge in [-0.05, 0) is 25.3 Å². The zero-order valence-corrected chi connectivity index (χ0v) is 12.0. The van der Waals surface area contributed by atoms with Crippen LogP contribution in [0.3, 0.4) is 0 Å². The van der Waals surface area contributed by atoms with Crippen LogP contribution in [0.1, 0.15) is 26.6 Å². The fraction of sp³-hybridized carbons (Fsp3) is 0.846. The number of rotatable bonds is 9.